The number of carbonyl (C=O) groups is 1. The Balaban J connectivity index is 2.14. The van der Waals surface area contributed by atoms with Crippen molar-refractivity contribution in [3.63, 3.8) is 0 Å². The fourth-order valence-electron chi connectivity index (χ4n) is 1.43. The number of anilines is 3. The van der Waals surface area contributed by atoms with Gasteiger partial charge in [0.1, 0.15) is 10.7 Å². The van der Waals surface area contributed by atoms with Crippen LogP contribution in [0.25, 0.3) is 0 Å². The summed E-state index contributed by atoms with van der Waals surface area (Å²) >= 11 is 2.62. The zero-order valence-electron chi connectivity index (χ0n) is 11.8. The molecule has 8 heteroatoms. The lowest BCUT2D eigenvalue weighted by Crippen LogP contribution is -2.25. The predicted octanol–water partition coefficient (Wildman–Crippen LogP) is 2.95. The van der Waals surface area contributed by atoms with Crippen LogP contribution >= 0.6 is 22.7 Å². The Hall–Kier alpha value is -1.67. The van der Waals surface area contributed by atoms with Crippen LogP contribution in [0.15, 0.2) is 5.38 Å². The van der Waals surface area contributed by atoms with Gasteiger partial charge in [-0.05, 0) is 27.7 Å². The molecule has 20 heavy (non-hydrogen) atoms. The summed E-state index contributed by atoms with van der Waals surface area (Å²) in [7, 11) is 0. The number of amides is 1. The molecule has 108 valence electrons. The van der Waals surface area contributed by atoms with Gasteiger partial charge in [0.05, 0.1) is 5.69 Å². The van der Waals surface area contributed by atoms with Crippen molar-refractivity contribution in [2.75, 3.05) is 16.4 Å². The van der Waals surface area contributed by atoms with Crippen molar-refractivity contribution >= 4 is 44.7 Å². The monoisotopic (exact) mass is 311 g/mol. The number of nitrogen functional groups attached to an aromatic ring is 1. The highest BCUT2D eigenvalue weighted by Crippen LogP contribution is 2.28. The fraction of sp³-hybridized carbons (Fsp3) is 0.417. The van der Waals surface area contributed by atoms with Gasteiger partial charge in [-0.3, -0.25) is 10.1 Å². The van der Waals surface area contributed by atoms with Crippen LogP contribution in [0.5, 0.6) is 0 Å². The third kappa shape index (κ3) is 3.67. The van der Waals surface area contributed by atoms with Crippen molar-refractivity contribution in [3.8, 4) is 0 Å². The smallest absolute Gasteiger partial charge is 0.271 e. The van der Waals surface area contributed by atoms with Crippen molar-refractivity contribution in [3.05, 3.63) is 16.0 Å². The number of nitrogens with two attached hydrogens (primary N) is 1. The third-order valence-corrected chi connectivity index (χ3v) is 4.04. The molecule has 0 atom stereocenters. The van der Waals surface area contributed by atoms with E-state index in [0.29, 0.717) is 15.1 Å². The van der Waals surface area contributed by atoms with E-state index < -0.39 is 0 Å². The van der Waals surface area contributed by atoms with Crippen LogP contribution < -0.4 is 16.4 Å². The second-order valence-corrected chi connectivity index (χ2v) is 7.21. The largest absolute Gasteiger partial charge is 0.382 e. The lowest BCUT2D eigenvalue weighted by atomic mass is 10.1. The average Bonchev–Trinajstić information content (AvgIpc) is 2.83. The van der Waals surface area contributed by atoms with Crippen molar-refractivity contribution in [1.82, 2.24) is 9.97 Å². The molecule has 0 unspecified atom stereocenters. The lowest BCUT2D eigenvalue weighted by Gasteiger charge is -2.19. The summed E-state index contributed by atoms with van der Waals surface area (Å²) in [5.41, 5.74) is 6.54. The highest BCUT2D eigenvalue weighted by Gasteiger charge is 2.19. The molecule has 0 saturated heterocycles. The molecule has 2 heterocycles. The summed E-state index contributed by atoms with van der Waals surface area (Å²) in [5, 5.41) is 9.00. The molecule has 0 aliphatic heterocycles. The lowest BCUT2D eigenvalue weighted by molar-refractivity contribution is 0.103. The zero-order valence-corrected chi connectivity index (χ0v) is 13.4. The number of carbonyl (C=O) groups excluding carboxylic acids is 1. The minimum Gasteiger partial charge on any atom is -0.382 e. The Morgan fingerprint density at radius 1 is 1.30 bits per heavy atom. The second-order valence-electron chi connectivity index (χ2n) is 5.36. The molecule has 4 N–H and O–H groups in total. The van der Waals surface area contributed by atoms with Gasteiger partial charge in [-0.2, -0.15) is 0 Å². The Labute approximate surface area is 125 Å². The molecule has 6 nitrogen and oxygen atoms in total. The van der Waals surface area contributed by atoms with Gasteiger partial charge in [0.15, 0.2) is 10.3 Å². The van der Waals surface area contributed by atoms with Crippen molar-refractivity contribution in [1.29, 1.82) is 0 Å². The fourth-order valence-corrected chi connectivity index (χ4v) is 3.11. The van der Waals surface area contributed by atoms with Gasteiger partial charge in [-0.15, -0.1) is 11.3 Å². The maximum absolute atomic E-state index is 12.1. The molecule has 0 bridgehead atoms. The van der Waals surface area contributed by atoms with Gasteiger partial charge >= 0.3 is 0 Å². The molecule has 2 aromatic rings. The first-order valence-electron chi connectivity index (χ1n) is 6.02. The first kappa shape index (κ1) is 14.7. The predicted molar refractivity (Wildman–Crippen MR) is 84.7 cm³/mol. The van der Waals surface area contributed by atoms with Crippen LogP contribution in [0.4, 0.5) is 16.1 Å². The highest BCUT2D eigenvalue weighted by atomic mass is 32.1. The number of hydrogen-bond donors (Lipinski definition) is 3. The normalized spacial score (nSPS) is 11.4. The maximum Gasteiger partial charge on any atom is 0.271 e. The first-order chi connectivity index (χ1) is 9.24. The minimum atomic E-state index is -0.281. The van der Waals surface area contributed by atoms with E-state index in [1.165, 1.54) is 22.7 Å². The van der Waals surface area contributed by atoms with Crippen LogP contribution in [0.1, 0.15) is 36.1 Å². The third-order valence-electron chi connectivity index (χ3n) is 2.18. The summed E-state index contributed by atoms with van der Waals surface area (Å²) in [6.07, 6.45) is 0. The number of thiazole rings is 2. The summed E-state index contributed by atoms with van der Waals surface area (Å²) in [6.45, 7) is 7.92. The van der Waals surface area contributed by atoms with Crippen molar-refractivity contribution in [2.24, 2.45) is 0 Å². The van der Waals surface area contributed by atoms with E-state index in [0.717, 1.165) is 5.69 Å². The topological polar surface area (TPSA) is 92.9 Å². The van der Waals surface area contributed by atoms with Crippen LogP contribution in [-0.2, 0) is 0 Å². The van der Waals surface area contributed by atoms with Crippen molar-refractivity contribution in [2.45, 2.75) is 33.2 Å². The second kappa shape index (κ2) is 5.37. The summed E-state index contributed by atoms with van der Waals surface area (Å²) < 4.78 is 0. The van der Waals surface area contributed by atoms with E-state index in [-0.39, 0.29) is 17.3 Å². The van der Waals surface area contributed by atoms with Gasteiger partial charge in [0, 0.05) is 10.9 Å². The SMILES string of the molecule is Cc1csc(NC(=O)c2sc(NC(C)(C)C)nc2N)n1. The number of aromatic nitrogens is 2. The summed E-state index contributed by atoms with van der Waals surface area (Å²) in [5.74, 6) is -0.0520. The highest BCUT2D eigenvalue weighted by molar-refractivity contribution is 7.18. The van der Waals surface area contributed by atoms with Gasteiger partial charge < -0.3 is 11.1 Å². The molecule has 0 radical (unpaired) electrons. The molecule has 0 aliphatic rings. The van der Waals surface area contributed by atoms with Gasteiger partial charge in [-0.25, -0.2) is 9.97 Å². The number of nitrogens with one attached hydrogen (secondary N) is 2. The quantitative estimate of drug-likeness (QED) is 0.810. The zero-order chi connectivity index (χ0) is 14.9. The Morgan fingerprint density at radius 2 is 2.00 bits per heavy atom. The molecule has 2 rings (SSSR count). The summed E-state index contributed by atoms with van der Waals surface area (Å²) in [6, 6.07) is 0. The number of rotatable bonds is 3. The standard InChI is InChI=1S/C12H17N5OS2/c1-6-5-19-10(14-6)16-9(18)7-8(13)15-11(20-7)17-12(2,3)4/h5H,13H2,1-4H3,(H,15,17)(H,14,16,18). The minimum absolute atomic E-state index is 0.134. The Bertz CT molecular complexity index is 626. The van der Waals surface area contributed by atoms with E-state index in [1.807, 2.05) is 33.1 Å². The van der Waals surface area contributed by atoms with Gasteiger partial charge in [-0.1, -0.05) is 11.3 Å². The van der Waals surface area contributed by atoms with Crippen LogP contribution in [0, 0.1) is 6.92 Å². The van der Waals surface area contributed by atoms with Crippen LogP contribution in [0.3, 0.4) is 0 Å². The molecular formula is C12H17N5OS2. The van der Waals surface area contributed by atoms with Crippen LogP contribution in [-0.4, -0.2) is 21.4 Å². The molecule has 2 aromatic heterocycles. The molecule has 0 aromatic carbocycles. The molecule has 0 fully saturated rings. The molecule has 0 spiro atoms. The van der Waals surface area contributed by atoms with E-state index in [2.05, 4.69) is 20.6 Å². The molecule has 0 saturated carbocycles. The van der Waals surface area contributed by atoms with Gasteiger partial charge in [0.25, 0.3) is 5.91 Å². The first-order valence-corrected chi connectivity index (χ1v) is 7.72. The maximum atomic E-state index is 12.1. The molecule has 0 aliphatic carbocycles. The Kier molecular flexibility index (Phi) is 3.96. The van der Waals surface area contributed by atoms with Crippen LogP contribution in [0.2, 0.25) is 0 Å². The summed E-state index contributed by atoms with van der Waals surface area (Å²) in [4.78, 5) is 20.9. The van der Waals surface area contributed by atoms with E-state index >= 15 is 0 Å². The van der Waals surface area contributed by atoms with E-state index in [1.54, 1.807) is 0 Å². The van der Waals surface area contributed by atoms with E-state index in [9.17, 15) is 4.79 Å². The van der Waals surface area contributed by atoms with Crippen molar-refractivity contribution < 1.29 is 4.79 Å². The number of nitrogens with zero attached hydrogens (tertiary/aromatic N) is 2. The molecular weight excluding hydrogens is 294 g/mol. The van der Waals surface area contributed by atoms with E-state index in [4.69, 9.17) is 5.73 Å². The average molecular weight is 311 g/mol. The van der Waals surface area contributed by atoms with Gasteiger partial charge in [0.2, 0.25) is 0 Å². The number of hydrogen-bond acceptors (Lipinski definition) is 7. The molecule has 1 amide bonds. The number of aryl methyl sites for hydroxylation is 1. The Morgan fingerprint density at radius 3 is 2.55 bits per heavy atom.